The van der Waals surface area contributed by atoms with E-state index >= 15 is 0 Å². The zero-order valence-electron chi connectivity index (χ0n) is 9.68. The highest BCUT2D eigenvalue weighted by molar-refractivity contribution is 6.36. The van der Waals surface area contributed by atoms with Gasteiger partial charge in [-0.3, -0.25) is 4.79 Å². The number of anilines is 1. The molecule has 0 aromatic carbocycles. The molecule has 0 aliphatic heterocycles. The first-order valence-corrected chi connectivity index (χ1v) is 6.04. The van der Waals surface area contributed by atoms with Crippen molar-refractivity contribution in [3.63, 3.8) is 0 Å². The van der Waals surface area contributed by atoms with E-state index in [1.165, 1.54) is 16.9 Å². The van der Waals surface area contributed by atoms with Crippen LogP contribution in [0.4, 0.5) is 5.82 Å². The van der Waals surface area contributed by atoms with Crippen molar-refractivity contribution < 1.29 is 4.79 Å². The Hall–Kier alpha value is -1.70. The van der Waals surface area contributed by atoms with Gasteiger partial charge in [-0.25, -0.2) is 9.67 Å². The maximum atomic E-state index is 11.8. The molecule has 2 rings (SSSR count). The van der Waals surface area contributed by atoms with Gasteiger partial charge in [-0.15, -0.1) is 5.10 Å². The summed E-state index contributed by atoms with van der Waals surface area (Å²) in [5, 5.41) is 10.7. The fourth-order valence-corrected chi connectivity index (χ4v) is 1.76. The van der Waals surface area contributed by atoms with Gasteiger partial charge in [0.05, 0.1) is 21.9 Å². The first-order valence-electron chi connectivity index (χ1n) is 5.28. The van der Waals surface area contributed by atoms with Crippen LogP contribution in [0.15, 0.2) is 18.5 Å². The number of nitrogens with two attached hydrogens (primary N) is 1. The van der Waals surface area contributed by atoms with Crippen LogP contribution in [-0.2, 0) is 17.9 Å². The molecule has 9 heteroatoms. The van der Waals surface area contributed by atoms with Gasteiger partial charge >= 0.3 is 0 Å². The molecule has 0 bridgehead atoms. The second kappa shape index (κ2) is 5.96. The topological polar surface area (TPSA) is 98.7 Å². The molecule has 0 atom stereocenters. The summed E-state index contributed by atoms with van der Waals surface area (Å²) in [5.41, 5.74) is 6.00. The number of nitrogens with one attached hydrogen (secondary N) is 1. The molecule has 0 aliphatic carbocycles. The summed E-state index contributed by atoms with van der Waals surface area (Å²) in [6.45, 7) is 0.264. The van der Waals surface area contributed by atoms with Crippen LogP contribution < -0.4 is 11.1 Å². The molecule has 2 aromatic heterocycles. The van der Waals surface area contributed by atoms with E-state index < -0.39 is 0 Å². The first kappa shape index (κ1) is 13.7. The number of aromatic nitrogens is 4. The number of hydrogen-bond acceptors (Lipinski definition) is 5. The summed E-state index contributed by atoms with van der Waals surface area (Å²) in [6.07, 6.45) is 2.99. The molecular formula is C10H10Cl2N6O. The SMILES string of the molecule is NCc1cn(CC(=O)Nc2ncc(Cl)cc2Cl)nn1. The summed E-state index contributed by atoms with van der Waals surface area (Å²) in [4.78, 5) is 15.7. The number of halogens is 2. The van der Waals surface area contributed by atoms with Crippen molar-refractivity contribution in [2.24, 2.45) is 5.73 Å². The van der Waals surface area contributed by atoms with Gasteiger partial charge < -0.3 is 11.1 Å². The number of nitrogens with zero attached hydrogens (tertiary/aromatic N) is 4. The maximum absolute atomic E-state index is 11.8. The van der Waals surface area contributed by atoms with Crippen LogP contribution in [0.2, 0.25) is 10.0 Å². The van der Waals surface area contributed by atoms with E-state index in [2.05, 4.69) is 20.6 Å². The zero-order valence-corrected chi connectivity index (χ0v) is 11.2. The third kappa shape index (κ3) is 3.63. The minimum absolute atomic E-state index is 0.00631. The van der Waals surface area contributed by atoms with Gasteiger partial charge in [0.1, 0.15) is 6.54 Å². The van der Waals surface area contributed by atoms with Crippen LogP contribution in [0.1, 0.15) is 5.69 Å². The third-order valence-electron chi connectivity index (χ3n) is 2.17. The van der Waals surface area contributed by atoms with Crippen molar-refractivity contribution in [1.82, 2.24) is 20.0 Å². The van der Waals surface area contributed by atoms with E-state index in [0.29, 0.717) is 10.7 Å². The molecule has 3 N–H and O–H groups in total. The second-order valence-electron chi connectivity index (χ2n) is 3.64. The Bertz CT molecular complexity index is 599. The van der Waals surface area contributed by atoms with Gasteiger partial charge in [0.25, 0.3) is 0 Å². The molecule has 1 amide bonds. The Morgan fingerprint density at radius 1 is 1.47 bits per heavy atom. The van der Waals surface area contributed by atoms with E-state index in [9.17, 15) is 4.79 Å². The third-order valence-corrected chi connectivity index (χ3v) is 2.66. The van der Waals surface area contributed by atoms with Crippen molar-refractivity contribution in [3.05, 3.63) is 34.2 Å². The minimum Gasteiger partial charge on any atom is -0.325 e. The van der Waals surface area contributed by atoms with E-state index in [1.54, 1.807) is 6.20 Å². The molecule has 0 radical (unpaired) electrons. The fourth-order valence-electron chi connectivity index (χ4n) is 1.33. The fraction of sp³-hybridized carbons (Fsp3) is 0.200. The van der Waals surface area contributed by atoms with Crippen LogP contribution in [0.3, 0.4) is 0 Å². The molecule has 0 fully saturated rings. The zero-order chi connectivity index (χ0) is 13.8. The lowest BCUT2D eigenvalue weighted by Gasteiger charge is -2.05. The Balaban J connectivity index is 2.01. The molecule has 0 aliphatic rings. The highest BCUT2D eigenvalue weighted by atomic mass is 35.5. The molecule has 2 heterocycles. The van der Waals surface area contributed by atoms with Gasteiger partial charge in [-0.2, -0.15) is 0 Å². The van der Waals surface area contributed by atoms with Crippen molar-refractivity contribution in [3.8, 4) is 0 Å². The van der Waals surface area contributed by atoms with E-state index in [1.807, 2.05) is 0 Å². The van der Waals surface area contributed by atoms with Gasteiger partial charge in [0.15, 0.2) is 5.82 Å². The quantitative estimate of drug-likeness (QED) is 0.880. The van der Waals surface area contributed by atoms with Gasteiger partial charge in [0.2, 0.25) is 5.91 Å². The monoisotopic (exact) mass is 300 g/mol. The van der Waals surface area contributed by atoms with Gasteiger partial charge in [0, 0.05) is 12.7 Å². The van der Waals surface area contributed by atoms with Crippen molar-refractivity contribution >= 4 is 34.9 Å². The summed E-state index contributed by atoms with van der Waals surface area (Å²) in [6, 6.07) is 1.49. The minimum atomic E-state index is -0.329. The summed E-state index contributed by atoms with van der Waals surface area (Å²) < 4.78 is 1.38. The summed E-state index contributed by atoms with van der Waals surface area (Å²) in [7, 11) is 0. The Morgan fingerprint density at radius 2 is 2.26 bits per heavy atom. The lowest BCUT2D eigenvalue weighted by molar-refractivity contribution is -0.116. The number of pyridine rings is 1. The maximum Gasteiger partial charge on any atom is 0.247 e. The number of carbonyl (C=O) groups excluding carboxylic acids is 1. The molecule has 0 saturated heterocycles. The number of hydrogen-bond donors (Lipinski definition) is 2. The lowest BCUT2D eigenvalue weighted by atomic mass is 10.4. The normalized spacial score (nSPS) is 10.5. The highest BCUT2D eigenvalue weighted by Gasteiger charge is 2.09. The number of carbonyl (C=O) groups is 1. The number of amides is 1. The molecule has 2 aromatic rings. The Labute approximate surface area is 118 Å². The van der Waals surface area contributed by atoms with Crippen molar-refractivity contribution in [1.29, 1.82) is 0 Å². The van der Waals surface area contributed by atoms with Crippen LogP contribution in [0.5, 0.6) is 0 Å². The summed E-state index contributed by atoms with van der Waals surface area (Å²) in [5.74, 6) is -0.0829. The van der Waals surface area contributed by atoms with Crippen LogP contribution >= 0.6 is 23.2 Å². The molecule has 19 heavy (non-hydrogen) atoms. The average molecular weight is 301 g/mol. The predicted octanol–water partition coefficient (Wildman–Crippen LogP) is 1.08. The Morgan fingerprint density at radius 3 is 2.89 bits per heavy atom. The summed E-state index contributed by atoms with van der Waals surface area (Å²) >= 11 is 11.6. The average Bonchev–Trinajstić information content (AvgIpc) is 2.80. The van der Waals surface area contributed by atoms with Gasteiger partial charge in [-0.05, 0) is 6.07 Å². The number of rotatable bonds is 4. The smallest absolute Gasteiger partial charge is 0.247 e. The second-order valence-corrected chi connectivity index (χ2v) is 4.49. The Kier molecular flexibility index (Phi) is 4.31. The van der Waals surface area contributed by atoms with E-state index in [-0.39, 0.29) is 29.8 Å². The van der Waals surface area contributed by atoms with Crippen molar-refractivity contribution in [2.45, 2.75) is 13.1 Å². The standard InChI is InChI=1S/C10H10Cl2N6O/c11-6-1-8(12)10(14-3-6)15-9(19)5-18-4-7(2-13)16-17-18/h1,3-4H,2,5,13H2,(H,14,15,19). The van der Waals surface area contributed by atoms with Crippen molar-refractivity contribution in [2.75, 3.05) is 5.32 Å². The van der Waals surface area contributed by atoms with E-state index in [4.69, 9.17) is 28.9 Å². The molecule has 0 saturated carbocycles. The molecule has 100 valence electrons. The van der Waals surface area contributed by atoms with Gasteiger partial charge in [-0.1, -0.05) is 28.4 Å². The highest BCUT2D eigenvalue weighted by Crippen LogP contribution is 2.22. The molecular weight excluding hydrogens is 291 g/mol. The van der Waals surface area contributed by atoms with E-state index in [0.717, 1.165) is 0 Å². The van der Waals surface area contributed by atoms with Crippen LogP contribution in [-0.4, -0.2) is 25.9 Å². The first-order chi connectivity index (χ1) is 9.08. The molecule has 0 spiro atoms. The predicted molar refractivity (Wildman–Crippen MR) is 70.8 cm³/mol. The van der Waals surface area contributed by atoms with Crippen LogP contribution in [0, 0.1) is 0 Å². The molecule has 7 nitrogen and oxygen atoms in total. The molecule has 0 unspecified atom stereocenters. The largest absolute Gasteiger partial charge is 0.325 e. The lowest BCUT2D eigenvalue weighted by Crippen LogP contribution is -2.20. The van der Waals surface area contributed by atoms with Crippen LogP contribution in [0.25, 0.3) is 0 Å².